The van der Waals surface area contributed by atoms with Crippen LogP contribution in [0.2, 0.25) is 0 Å². The van der Waals surface area contributed by atoms with Crippen molar-refractivity contribution < 1.29 is 0 Å². The molecule has 0 atom stereocenters. The Kier molecular flexibility index (Phi) is 4.72. The molecule has 4 rings (SSSR count). The fourth-order valence-electron chi connectivity index (χ4n) is 3.00. The van der Waals surface area contributed by atoms with Crippen molar-refractivity contribution >= 4 is 17.3 Å². The molecule has 25 heavy (non-hydrogen) atoms. The third kappa shape index (κ3) is 3.86. The normalized spacial score (nSPS) is 15.5. The van der Waals surface area contributed by atoms with Crippen LogP contribution in [0.4, 0.5) is 5.95 Å². The van der Waals surface area contributed by atoms with E-state index < -0.39 is 0 Å². The van der Waals surface area contributed by atoms with E-state index in [9.17, 15) is 0 Å². The molecular weight excluding hydrogens is 330 g/mol. The Morgan fingerprint density at radius 1 is 1.00 bits per heavy atom. The maximum Gasteiger partial charge on any atom is 0.225 e. The van der Waals surface area contributed by atoms with Crippen LogP contribution in [0.15, 0.2) is 48.1 Å². The lowest BCUT2D eigenvalue weighted by atomic mass is 10.2. The van der Waals surface area contributed by atoms with Gasteiger partial charge in [-0.05, 0) is 13.0 Å². The number of hydrogen-bond acceptors (Lipinski definition) is 6. The predicted molar refractivity (Wildman–Crippen MR) is 102 cm³/mol. The second-order valence-electron chi connectivity index (χ2n) is 6.32. The summed E-state index contributed by atoms with van der Waals surface area (Å²) < 4.78 is 0. The van der Waals surface area contributed by atoms with E-state index >= 15 is 0 Å². The smallest absolute Gasteiger partial charge is 0.225 e. The predicted octanol–water partition coefficient (Wildman–Crippen LogP) is 3.23. The van der Waals surface area contributed by atoms with Crippen LogP contribution in [0.3, 0.4) is 0 Å². The van der Waals surface area contributed by atoms with Crippen molar-refractivity contribution in [2.45, 2.75) is 13.5 Å². The molecule has 0 amide bonds. The van der Waals surface area contributed by atoms with Gasteiger partial charge >= 0.3 is 0 Å². The van der Waals surface area contributed by atoms with Crippen LogP contribution in [-0.2, 0) is 6.54 Å². The first kappa shape index (κ1) is 16.2. The van der Waals surface area contributed by atoms with Crippen LogP contribution in [0.1, 0.15) is 11.3 Å². The van der Waals surface area contributed by atoms with Gasteiger partial charge in [-0.2, -0.15) is 0 Å². The monoisotopic (exact) mass is 351 g/mol. The molecule has 0 saturated carbocycles. The van der Waals surface area contributed by atoms with Crippen LogP contribution in [0.5, 0.6) is 0 Å². The summed E-state index contributed by atoms with van der Waals surface area (Å²) in [4.78, 5) is 18.2. The minimum absolute atomic E-state index is 0.831. The highest BCUT2D eigenvalue weighted by Crippen LogP contribution is 2.24. The van der Waals surface area contributed by atoms with Crippen molar-refractivity contribution in [3.63, 3.8) is 0 Å². The number of piperazine rings is 1. The second-order valence-corrected chi connectivity index (χ2v) is 7.18. The van der Waals surface area contributed by atoms with Gasteiger partial charge in [0.15, 0.2) is 0 Å². The molecule has 1 aliphatic heterocycles. The van der Waals surface area contributed by atoms with Crippen molar-refractivity contribution in [2.75, 3.05) is 31.1 Å². The average molecular weight is 351 g/mol. The van der Waals surface area contributed by atoms with Gasteiger partial charge in [0.1, 0.15) is 5.01 Å². The number of rotatable bonds is 4. The van der Waals surface area contributed by atoms with E-state index in [0.29, 0.717) is 0 Å². The molecule has 1 aromatic carbocycles. The van der Waals surface area contributed by atoms with E-state index in [1.165, 1.54) is 11.1 Å². The highest BCUT2D eigenvalue weighted by atomic mass is 32.1. The van der Waals surface area contributed by atoms with Crippen LogP contribution in [0, 0.1) is 6.92 Å². The highest BCUT2D eigenvalue weighted by molar-refractivity contribution is 7.13. The standard InChI is InChI=1S/C19H21N5S/c1-15-3-5-16(6-4-15)18-22-17(14-25-18)13-23-9-11-24(12-10-23)19-20-7-2-8-21-19/h2-8,14H,9-13H2,1H3. The van der Waals surface area contributed by atoms with Gasteiger partial charge < -0.3 is 4.90 Å². The molecule has 0 radical (unpaired) electrons. The van der Waals surface area contributed by atoms with E-state index in [2.05, 4.69) is 56.3 Å². The molecule has 1 fully saturated rings. The number of thiazole rings is 1. The molecule has 0 N–H and O–H groups in total. The zero-order valence-corrected chi connectivity index (χ0v) is 15.1. The largest absolute Gasteiger partial charge is 0.338 e. The average Bonchev–Trinajstić information content (AvgIpc) is 3.12. The molecule has 5 nitrogen and oxygen atoms in total. The number of nitrogens with zero attached hydrogens (tertiary/aromatic N) is 5. The Hall–Kier alpha value is -2.31. The minimum Gasteiger partial charge on any atom is -0.338 e. The van der Waals surface area contributed by atoms with Gasteiger partial charge in [0, 0.05) is 56.1 Å². The van der Waals surface area contributed by atoms with Crippen molar-refractivity contribution in [1.29, 1.82) is 0 Å². The van der Waals surface area contributed by atoms with Gasteiger partial charge in [0.25, 0.3) is 0 Å². The van der Waals surface area contributed by atoms with Crippen molar-refractivity contribution in [2.24, 2.45) is 0 Å². The zero-order chi connectivity index (χ0) is 17.1. The molecule has 0 spiro atoms. The molecule has 6 heteroatoms. The van der Waals surface area contributed by atoms with Crippen molar-refractivity contribution in [1.82, 2.24) is 19.9 Å². The summed E-state index contributed by atoms with van der Waals surface area (Å²) in [6, 6.07) is 10.4. The third-order valence-corrected chi connectivity index (χ3v) is 5.38. The summed E-state index contributed by atoms with van der Waals surface area (Å²) in [5.74, 6) is 0.831. The minimum atomic E-state index is 0.831. The summed E-state index contributed by atoms with van der Waals surface area (Å²) in [5.41, 5.74) is 3.64. The molecule has 3 heterocycles. The molecule has 3 aromatic rings. The maximum absolute atomic E-state index is 4.82. The zero-order valence-electron chi connectivity index (χ0n) is 14.3. The third-order valence-electron chi connectivity index (χ3n) is 4.44. The molecule has 1 aliphatic rings. The van der Waals surface area contributed by atoms with Gasteiger partial charge in [-0.15, -0.1) is 11.3 Å². The molecule has 1 saturated heterocycles. The van der Waals surface area contributed by atoms with Gasteiger partial charge in [-0.3, -0.25) is 4.90 Å². The summed E-state index contributed by atoms with van der Waals surface area (Å²) in [6.45, 7) is 6.95. The summed E-state index contributed by atoms with van der Waals surface area (Å²) in [5, 5.41) is 3.29. The Balaban J connectivity index is 1.35. The molecule has 128 valence electrons. The molecular formula is C19H21N5S. The second kappa shape index (κ2) is 7.29. The van der Waals surface area contributed by atoms with E-state index in [0.717, 1.165) is 49.4 Å². The van der Waals surface area contributed by atoms with Crippen LogP contribution in [0.25, 0.3) is 10.6 Å². The number of benzene rings is 1. The van der Waals surface area contributed by atoms with Crippen LogP contribution in [-0.4, -0.2) is 46.0 Å². The van der Waals surface area contributed by atoms with Crippen LogP contribution >= 0.6 is 11.3 Å². The fraction of sp³-hybridized carbons (Fsp3) is 0.316. The Labute approximate surface area is 152 Å². The number of hydrogen-bond donors (Lipinski definition) is 0. The topological polar surface area (TPSA) is 45.2 Å². The van der Waals surface area contributed by atoms with E-state index in [-0.39, 0.29) is 0 Å². The van der Waals surface area contributed by atoms with E-state index in [4.69, 9.17) is 4.98 Å². The van der Waals surface area contributed by atoms with E-state index in [1.807, 2.05) is 6.07 Å². The lowest BCUT2D eigenvalue weighted by molar-refractivity contribution is 0.246. The SMILES string of the molecule is Cc1ccc(-c2nc(CN3CCN(c4ncccn4)CC3)cs2)cc1. The number of aromatic nitrogens is 3. The van der Waals surface area contributed by atoms with Gasteiger partial charge in [-0.25, -0.2) is 15.0 Å². The van der Waals surface area contributed by atoms with Crippen molar-refractivity contribution in [3.05, 3.63) is 59.4 Å². The first-order valence-corrected chi connectivity index (χ1v) is 9.42. The summed E-state index contributed by atoms with van der Waals surface area (Å²) in [7, 11) is 0. The molecule has 0 aliphatic carbocycles. The van der Waals surface area contributed by atoms with Crippen LogP contribution < -0.4 is 4.90 Å². The fourth-order valence-corrected chi connectivity index (χ4v) is 3.81. The first-order chi connectivity index (χ1) is 12.3. The van der Waals surface area contributed by atoms with Gasteiger partial charge in [0.2, 0.25) is 5.95 Å². The Morgan fingerprint density at radius 2 is 1.72 bits per heavy atom. The van der Waals surface area contributed by atoms with Gasteiger partial charge in [0.05, 0.1) is 5.69 Å². The lowest BCUT2D eigenvalue weighted by Gasteiger charge is -2.34. The number of aryl methyl sites for hydroxylation is 1. The quantitative estimate of drug-likeness (QED) is 0.722. The maximum atomic E-state index is 4.82. The Morgan fingerprint density at radius 3 is 2.44 bits per heavy atom. The molecule has 0 bridgehead atoms. The van der Waals surface area contributed by atoms with Crippen molar-refractivity contribution in [3.8, 4) is 10.6 Å². The summed E-state index contributed by atoms with van der Waals surface area (Å²) >= 11 is 1.73. The van der Waals surface area contributed by atoms with Gasteiger partial charge in [-0.1, -0.05) is 29.8 Å². The lowest BCUT2D eigenvalue weighted by Crippen LogP contribution is -2.46. The Bertz CT molecular complexity index is 807. The summed E-state index contributed by atoms with van der Waals surface area (Å²) in [6.07, 6.45) is 3.60. The molecule has 2 aromatic heterocycles. The van der Waals surface area contributed by atoms with E-state index in [1.54, 1.807) is 23.7 Å². The highest BCUT2D eigenvalue weighted by Gasteiger charge is 2.19. The first-order valence-electron chi connectivity index (χ1n) is 8.54. The molecule has 0 unspecified atom stereocenters. The number of anilines is 1.